The van der Waals surface area contributed by atoms with Crippen LogP contribution in [0.1, 0.15) is 83.5 Å². The molecule has 3 amide bonds. The average Bonchev–Trinajstić information content (AvgIpc) is 2.80. The number of unbranched alkanes of at least 4 members (excludes halogenated alkanes) is 3. The third-order valence-corrected chi connectivity index (χ3v) is 8.60. The summed E-state index contributed by atoms with van der Waals surface area (Å²) in [5.41, 5.74) is 1.92. The maximum absolute atomic E-state index is 12.4. The normalized spacial score (nSPS) is 31.3. The molecular formula is C28H40N4O3. The summed E-state index contributed by atoms with van der Waals surface area (Å²) < 4.78 is 0. The van der Waals surface area contributed by atoms with Crippen molar-refractivity contribution >= 4 is 29.1 Å². The smallest absolute Gasteiger partial charge is 0.249 e. The summed E-state index contributed by atoms with van der Waals surface area (Å²) in [4.78, 5) is 35.7. The van der Waals surface area contributed by atoms with Crippen molar-refractivity contribution in [2.24, 2.45) is 17.8 Å². The quantitative estimate of drug-likeness (QED) is 0.279. The van der Waals surface area contributed by atoms with E-state index in [9.17, 15) is 14.4 Å². The van der Waals surface area contributed by atoms with Crippen LogP contribution in [0.3, 0.4) is 0 Å². The first-order valence-electron chi connectivity index (χ1n) is 13.7. The first-order chi connectivity index (χ1) is 17.0. The summed E-state index contributed by atoms with van der Waals surface area (Å²) in [7, 11) is 0. The molecule has 35 heavy (non-hydrogen) atoms. The van der Waals surface area contributed by atoms with Crippen molar-refractivity contribution in [1.29, 1.82) is 0 Å². The lowest BCUT2D eigenvalue weighted by Crippen LogP contribution is -2.58. The van der Waals surface area contributed by atoms with Gasteiger partial charge >= 0.3 is 0 Å². The Hall–Kier alpha value is -2.41. The standard InChI is InChI=1S/C28H40N4O3/c33-25(31-23-7-5-6-22(15-23)30-24-9-10-26(34)32-27(24)35)8-3-1-2-4-11-29-28-16-19-12-20(17-28)14-21(13-19)18-28/h5-7,15,19-21,24,29-30H,1-4,8-14,16-18H2,(H,31,33)(H,32,34,35). The molecule has 1 aromatic rings. The van der Waals surface area contributed by atoms with Crippen molar-refractivity contribution in [3.8, 4) is 0 Å². The minimum absolute atomic E-state index is 0.0230. The molecule has 1 saturated heterocycles. The van der Waals surface area contributed by atoms with E-state index in [1.54, 1.807) is 0 Å². The van der Waals surface area contributed by atoms with Crippen molar-refractivity contribution in [1.82, 2.24) is 10.6 Å². The summed E-state index contributed by atoms with van der Waals surface area (Å²) >= 11 is 0. The largest absolute Gasteiger partial charge is 0.374 e. The molecule has 4 N–H and O–H groups in total. The third kappa shape index (κ3) is 6.24. The SMILES string of the molecule is O=C1CCC(Nc2cccc(NC(=O)CCCCCCNC34CC5CC(CC(C5)C3)C4)c2)C(=O)N1. The predicted octanol–water partition coefficient (Wildman–Crippen LogP) is 4.35. The van der Waals surface area contributed by atoms with Crippen LogP contribution in [0.15, 0.2) is 24.3 Å². The number of benzene rings is 1. The maximum atomic E-state index is 12.4. The topological polar surface area (TPSA) is 99.3 Å². The highest BCUT2D eigenvalue weighted by atomic mass is 16.2. The van der Waals surface area contributed by atoms with Gasteiger partial charge in [-0.05, 0) is 100 Å². The van der Waals surface area contributed by atoms with Gasteiger partial charge in [0.05, 0.1) is 0 Å². The zero-order chi connectivity index (χ0) is 24.3. The van der Waals surface area contributed by atoms with Gasteiger partial charge in [0, 0.05) is 29.8 Å². The van der Waals surface area contributed by atoms with E-state index >= 15 is 0 Å². The third-order valence-electron chi connectivity index (χ3n) is 8.60. The van der Waals surface area contributed by atoms with Crippen LogP contribution in [0, 0.1) is 17.8 Å². The highest BCUT2D eigenvalue weighted by Gasteiger charge is 2.50. The molecule has 7 nitrogen and oxygen atoms in total. The molecule has 0 aromatic heterocycles. The van der Waals surface area contributed by atoms with Gasteiger partial charge in [-0.15, -0.1) is 0 Å². The molecule has 1 atom stereocenters. The summed E-state index contributed by atoms with van der Waals surface area (Å²) in [5.74, 6) is 2.45. The Balaban J connectivity index is 0.961. The molecule has 6 rings (SSSR count). The van der Waals surface area contributed by atoms with Gasteiger partial charge in [-0.1, -0.05) is 18.9 Å². The van der Waals surface area contributed by atoms with Crippen molar-refractivity contribution in [2.45, 2.75) is 95.1 Å². The van der Waals surface area contributed by atoms with E-state index in [0.29, 0.717) is 30.5 Å². The van der Waals surface area contributed by atoms with E-state index in [-0.39, 0.29) is 17.7 Å². The molecule has 1 aromatic carbocycles. The molecule has 5 fully saturated rings. The first kappa shape index (κ1) is 24.3. The summed E-state index contributed by atoms with van der Waals surface area (Å²) in [6.45, 7) is 1.12. The Morgan fingerprint density at radius 2 is 1.63 bits per heavy atom. The summed E-state index contributed by atoms with van der Waals surface area (Å²) in [6, 6.07) is 6.95. The van der Waals surface area contributed by atoms with Crippen molar-refractivity contribution in [3.05, 3.63) is 24.3 Å². The molecule has 1 aliphatic heterocycles. The Labute approximate surface area is 208 Å². The van der Waals surface area contributed by atoms with Gasteiger partial charge in [-0.3, -0.25) is 19.7 Å². The minimum atomic E-state index is -0.434. The predicted molar refractivity (Wildman–Crippen MR) is 137 cm³/mol. The lowest BCUT2D eigenvalue weighted by atomic mass is 9.53. The Morgan fingerprint density at radius 3 is 2.34 bits per heavy atom. The minimum Gasteiger partial charge on any atom is -0.374 e. The number of carbonyl (C=O) groups excluding carboxylic acids is 3. The second-order valence-corrected chi connectivity index (χ2v) is 11.6. The van der Waals surface area contributed by atoms with E-state index < -0.39 is 6.04 Å². The van der Waals surface area contributed by atoms with E-state index in [2.05, 4.69) is 21.3 Å². The number of piperidine rings is 1. The lowest BCUT2D eigenvalue weighted by molar-refractivity contribution is -0.133. The summed E-state index contributed by atoms with van der Waals surface area (Å²) in [5, 5.41) is 12.4. The molecule has 4 bridgehead atoms. The van der Waals surface area contributed by atoms with E-state index in [0.717, 1.165) is 49.2 Å². The molecule has 5 aliphatic rings. The zero-order valence-corrected chi connectivity index (χ0v) is 20.7. The second kappa shape index (κ2) is 10.7. The van der Waals surface area contributed by atoms with Gasteiger partial charge < -0.3 is 16.0 Å². The van der Waals surface area contributed by atoms with E-state index in [1.807, 2.05) is 24.3 Å². The number of carbonyl (C=O) groups is 3. The van der Waals surface area contributed by atoms with Gasteiger partial charge in [-0.2, -0.15) is 0 Å². The highest BCUT2D eigenvalue weighted by molar-refractivity contribution is 6.01. The van der Waals surface area contributed by atoms with Crippen molar-refractivity contribution < 1.29 is 14.4 Å². The lowest BCUT2D eigenvalue weighted by Gasteiger charge is -2.57. The van der Waals surface area contributed by atoms with Crippen LogP contribution in [0.2, 0.25) is 0 Å². The molecule has 190 valence electrons. The Bertz CT molecular complexity index is 911. The number of imide groups is 1. The van der Waals surface area contributed by atoms with Crippen LogP contribution in [0.5, 0.6) is 0 Å². The van der Waals surface area contributed by atoms with Gasteiger partial charge in [0.15, 0.2) is 0 Å². The monoisotopic (exact) mass is 480 g/mol. The molecule has 4 aliphatic carbocycles. The molecule has 0 radical (unpaired) electrons. The molecular weight excluding hydrogens is 440 g/mol. The highest BCUT2D eigenvalue weighted by Crippen LogP contribution is 2.55. The number of rotatable bonds is 11. The maximum Gasteiger partial charge on any atom is 0.249 e. The number of nitrogens with one attached hydrogen (secondary N) is 4. The van der Waals surface area contributed by atoms with Crippen molar-refractivity contribution in [3.63, 3.8) is 0 Å². The van der Waals surface area contributed by atoms with Crippen LogP contribution < -0.4 is 21.3 Å². The molecule has 1 heterocycles. The molecule has 7 heteroatoms. The average molecular weight is 481 g/mol. The molecule has 0 spiro atoms. The van der Waals surface area contributed by atoms with Crippen LogP contribution in [0.4, 0.5) is 11.4 Å². The van der Waals surface area contributed by atoms with Crippen LogP contribution in [-0.2, 0) is 14.4 Å². The fourth-order valence-electron chi connectivity index (χ4n) is 7.39. The fourth-order valence-corrected chi connectivity index (χ4v) is 7.39. The van der Waals surface area contributed by atoms with Crippen LogP contribution in [0.25, 0.3) is 0 Å². The van der Waals surface area contributed by atoms with Gasteiger partial charge in [0.25, 0.3) is 0 Å². The van der Waals surface area contributed by atoms with Crippen LogP contribution >= 0.6 is 0 Å². The van der Waals surface area contributed by atoms with E-state index in [4.69, 9.17) is 0 Å². The van der Waals surface area contributed by atoms with Gasteiger partial charge in [0.2, 0.25) is 17.7 Å². The Morgan fingerprint density at radius 1 is 0.943 bits per heavy atom. The molecule has 1 unspecified atom stereocenters. The number of anilines is 2. The summed E-state index contributed by atoms with van der Waals surface area (Å²) in [6.07, 6.45) is 14.3. The number of hydrogen-bond donors (Lipinski definition) is 4. The second-order valence-electron chi connectivity index (χ2n) is 11.6. The van der Waals surface area contributed by atoms with Gasteiger partial charge in [0.1, 0.15) is 6.04 Å². The van der Waals surface area contributed by atoms with Crippen LogP contribution in [-0.4, -0.2) is 35.8 Å². The van der Waals surface area contributed by atoms with Crippen molar-refractivity contribution in [2.75, 3.05) is 17.2 Å². The van der Waals surface area contributed by atoms with E-state index in [1.165, 1.54) is 44.9 Å². The Kier molecular flexibility index (Phi) is 7.42. The zero-order valence-electron chi connectivity index (χ0n) is 20.7. The fraction of sp³-hybridized carbons (Fsp3) is 0.679. The molecule has 4 saturated carbocycles. The number of hydrogen-bond acceptors (Lipinski definition) is 5. The first-order valence-corrected chi connectivity index (χ1v) is 13.7. The number of amides is 3. The van der Waals surface area contributed by atoms with Gasteiger partial charge in [-0.25, -0.2) is 0 Å².